The summed E-state index contributed by atoms with van der Waals surface area (Å²) in [6.07, 6.45) is 0. The molecule has 0 heterocycles. The third-order valence-corrected chi connectivity index (χ3v) is 3.47. The summed E-state index contributed by atoms with van der Waals surface area (Å²) in [7, 11) is 0. The van der Waals surface area contributed by atoms with Gasteiger partial charge in [-0.1, -0.05) is 42.5 Å². The van der Waals surface area contributed by atoms with E-state index in [1.165, 1.54) is 13.8 Å². The summed E-state index contributed by atoms with van der Waals surface area (Å²) in [4.78, 5) is 27.8. The molecule has 110 valence electrons. The summed E-state index contributed by atoms with van der Waals surface area (Å²) in [5.41, 5.74) is 0.533. The van der Waals surface area contributed by atoms with Gasteiger partial charge in [0.15, 0.2) is 0 Å². The third-order valence-electron chi connectivity index (χ3n) is 3.47. The number of carbonyl (C=O) groups is 2. The monoisotopic (exact) mass is 293 g/mol. The number of amides is 1. The maximum Gasteiger partial charge on any atom is 0.330 e. The average molecular weight is 293 g/mol. The van der Waals surface area contributed by atoms with E-state index >= 15 is 0 Å². The first-order valence-electron chi connectivity index (χ1n) is 6.97. The lowest BCUT2D eigenvalue weighted by Crippen LogP contribution is -2.30. The first-order chi connectivity index (χ1) is 10.6. The van der Waals surface area contributed by atoms with Gasteiger partial charge in [0.1, 0.15) is 0 Å². The number of hydrogen-bond acceptors (Lipinski definition) is 3. The minimum Gasteiger partial charge on any atom is -0.334 e. The van der Waals surface area contributed by atoms with Crippen LogP contribution in [0.3, 0.4) is 0 Å². The summed E-state index contributed by atoms with van der Waals surface area (Å²) in [5, 5.41) is 5.39. The smallest absolute Gasteiger partial charge is 0.330 e. The van der Waals surface area contributed by atoms with Crippen molar-refractivity contribution in [2.75, 3.05) is 5.06 Å². The molecule has 4 nitrogen and oxygen atoms in total. The lowest BCUT2D eigenvalue weighted by molar-refractivity contribution is -0.147. The minimum absolute atomic E-state index is 0.352. The van der Waals surface area contributed by atoms with Crippen molar-refractivity contribution in [1.82, 2.24) is 0 Å². The number of benzene rings is 3. The largest absolute Gasteiger partial charge is 0.334 e. The van der Waals surface area contributed by atoms with Crippen molar-refractivity contribution < 1.29 is 14.4 Å². The molecule has 0 unspecified atom stereocenters. The van der Waals surface area contributed by atoms with Crippen molar-refractivity contribution in [2.45, 2.75) is 13.8 Å². The van der Waals surface area contributed by atoms with Crippen LogP contribution < -0.4 is 5.06 Å². The zero-order valence-electron chi connectivity index (χ0n) is 12.4. The molecule has 0 radical (unpaired) electrons. The van der Waals surface area contributed by atoms with E-state index < -0.39 is 5.97 Å². The summed E-state index contributed by atoms with van der Waals surface area (Å²) in [6.45, 7) is 2.62. The average Bonchev–Trinajstić information content (AvgIpc) is 2.51. The van der Waals surface area contributed by atoms with Gasteiger partial charge in [-0.2, -0.15) is 0 Å². The minimum atomic E-state index is -0.534. The van der Waals surface area contributed by atoms with E-state index in [2.05, 4.69) is 12.1 Å². The van der Waals surface area contributed by atoms with Crippen molar-refractivity contribution in [3.63, 3.8) is 0 Å². The Kier molecular flexibility index (Phi) is 3.51. The number of hydroxylamine groups is 1. The van der Waals surface area contributed by atoms with Crippen molar-refractivity contribution in [2.24, 2.45) is 0 Å². The SMILES string of the molecule is CC(=O)ON(C(C)=O)c1ccc2c(ccc3ccccc32)c1. The summed E-state index contributed by atoms with van der Waals surface area (Å²) in [5.74, 6) is -0.885. The molecule has 0 aliphatic rings. The van der Waals surface area contributed by atoms with E-state index in [0.717, 1.165) is 26.6 Å². The first kappa shape index (κ1) is 14.1. The second kappa shape index (κ2) is 5.48. The topological polar surface area (TPSA) is 46.6 Å². The second-order valence-electron chi connectivity index (χ2n) is 5.09. The molecular weight excluding hydrogens is 278 g/mol. The van der Waals surface area contributed by atoms with Gasteiger partial charge in [-0.3, -0.25) is 4.79 Å². The maximum absolute atomic E-state index is 11.7. The Balaban J connectivity index is 2.15. The molecule has 0 atom stereocenters. The van der Waals surface area contributed by atoms with Crippen LogP contribution >= 0.6 is 0 Å². The summed E-state index contributed by atoms with van der Waals surface area (Å²) in [6, 6.07) is 17.7. The standard InChI is InChI=1S/C18H15NO3/c1-12(20)19(22-13(2)21)16-9-10-18-15(11-16)8-7-14-5-3-4-6-17(14)18/h3-11H,1-2H3. The molecule has 0 saturated carbocycles. The van der Waals surface area contributed by atoms with Crippen molar-refractivity contribution in [1.29, 1.82) is 0 Å². The molecule has 0 spiro atoms. The Morgan fingerprint density at radius 3 is 2.27 bits per heavy atom. The maximum atomic E-state index is 11.7. The molecule has 0 N–H and O–H groups in total. The van der Waals surface area contributed by atoms with E-state index in [4.69, 9.17) is 4.84 Å². The molecule has 0 aliphatic heterocycles. The predicted octanol–water partition coefficient (Wildman–Crippen LogP) is 3.82. The molecule has 3 aromatic rings. The quantitative estimate of drug-likeness (QED) is 0.506. The van der Waals surface area contributed by atoms with E-state index in [1.54, 1.807) is 6.07 Å². The molecule has 0 fully saturated rings. The molecule has 22 heavy (non-hydrogen) atoms. The van der Waals surface area contributed by atoms with Gasteiger partial charge in [0.25, 0.3) is 5.91 Å². The number of rotatable bonds is 1. The Morgan fingerprint density at radius 2 is 1.55 bits per heavy atom. The van der Waals surface area contributed by atoms with Crippen LogP contribution in [-0.2, 0) is 14.4 Å². The number of anilines is 1. The zero-order chi connectivity index (χ0) is 15.7. The normalized spacial score (nSPS) is 10.6. The molecule has 3 rings (SSSR count). The van der Waals surface area contributed by atoms with Crippen LogP contribution in [0.5, 0.6) is 0 Å². The lowest BCUT2D eigenvalue weighted by Gasteiger charge is -2.19. The van der Waals surface area contributed by atoms with Crippen LogP contribution in [0.2, 0.25) is 0 Å². The second-order valence-corrected chi connectivity index (χ2v) is 5.09. The van der Waals surface area contributed by atoms with Gasteiger partial charge >= 0.3 is 5.97 Å². The van der Waals surface area contributed by atoms with E-state index in [9.17, 15) is 9.59 Å². The number of carbonyl (C=O) groups excluding carboxylic acids is 2. The van der Waals surface area contributed by atoms with Crippen LogP contribution in [0.4, 0.5) is 5.69 Å². The van der Waals surface area contributed by atoms with Crippen molar-refractivity contribution in [3.05, 3.63) is 54.6 Å². The lowest BCUT2D eigenvalue weighted by atomic mass is 10.0. The number of hydrogen-bond donors (Lipinski definition) is 0. The molecule has 1 amide bonds. The van der Waals surface area contributed by atoms with E-state index in [1.807, 2.05) is 36.4 Å². The molecule has 0 aromatic heterocycles. The van der Waals surface area contributed by atoms with Crippen molar-refractivity contribution >= 4 is 39.1 Å². The van der Waals surface area contributed by atoms with Crippen LogP contribution in [0.25, 0.3) is 21.5 Å². The summed E-state index contributed by atoms with van der Waals surface area (Å²) < 4.78 is 0. The Labute approximate surface area is 127 Å². The highest BCUT2D eigenvalue weighted by Crippen LogP contribution is 2.29. The fourth-order valence-corrected chi connectivity index (χ4v) is 2.55. The highest BCUT2D eigenvalue weighted by atomic mass is 16.7. The van der Waals surface area contributed by atoms with Crippen molar-refractivity contribution in [3.8, 4) is 0 Å². The van der Waals surface area contributed by atoms with Crippen LogP contribution in [0.15, 0.2) is 54.6 Å². The van der Waals surface area contributed by atoms with Crippen LogP contribution in [-0.4, -0.2) is 11.9 Å². The van der Waals surface area contributed by atoms with Gasteiger partial charge in [0.2, 0.25) is 0 Å². The highest BCUT2D eigenvalue weighted by Gasteiger charge is 2.15. The third kappa shape index (κ3) is 2.51. The fraction of sp³-hybridized carbons (Fsp3) is 0.111. The van der Waals surface area contributed by atoms with E-state index in [0.29, 0.717) is 5.69 Å². The fourth-order valence-electron chi connectivity index (χ4n) is 2.55. The Bertz CT molecular complexity index is 886. The van der Waals surface area contributed by atoms with Crippen LogP contribution in [0.1, 0.15) is 13.8 Å². The Hall–Kier alpha value is -2.88. The van der Waals surface area contributed by atoms with Gasteiger partial charge in [0, 0.05) is 13.8 Å². The molecule has 0 bridgehead atoms. The van der Waals surface area contributed by atoms with Crippen LogP contribution in [0, 0.1) is 0 Å². The molecule has 0 aliphatic carbocycles. The first-order valence-corrected chi connectivity index (χ1v) is 6.97. The highest BCUT2D eigenvalue weighted by molar-refractivity contribution is 6.08. The van der Waals surface area contributed by atoms with E-state index in [-0.39, 0.29) is 5.91 Å². The van der Waals surface area contributed by atoms with Gasteiger partial charge in [-0.05, 0) is 33.7 Å². The Morgan fingerprint density at radius 1 is 0.864 bits per heavy atom. The zero-order valence-corrected chi connectivity index (χ0v) is 12.4. The van der Waals surface area contributed by atoms with Gasteiger partial charge in [-0.15, -0.1) is 5.06 Å². The molecule has 4 heteroatoms. The number of nitrogens with zero attached hydrogens (tertiary/aromatic N) is 1. The molecular formula is C18H15NO3. The predicted molar refractivity (Wildman–Crippen MR) is 86.4 cm³/mol. The van der Waals surface area contributed by atoms with Gasteiger partial charge < -0.3 is 4.84 Å². The molecule has 3 aromatic carbocycles. The number of fused-ring (bicyclic) bond motifs is 3. The van der Waals surface area contributed by atoms with Gasteiger partial charge in [0.05, 0.1) is 5.69 Å². The summed E-state index contributed by atoms with van der Waals surface area (Å²) >= 11 is 0. The molecule has 0 saturated heterocycles. The van der Waals surface area contributed by atoms with Gasteiger partial charge in [-0.25, -0.2) is 4.79 Å².